The van der Waals surface area contributed by atoms with Gasteiger partial charge in [0.25, 0.3) is 0 Å². The summed E-state index contributed by atoms with van der Waals surface area (Å²) in [7, 11) is 3.20. The Labute approximate surface area is 98.5 Å². The van der Waals surface area contributed by atoms with Crippen LogP contribution >= 0.6 is 0 Å². The van der Waals surface area contributed by atoms with Crippen LogP contribution in [0.4, 0.5) is 0 Å². The van der Waals surface area contributed by atoms with Gasteiger partial charge >= 0.3 is 0 Å². The maximum absolute atomic E-state index is 5.25. The van der Waals surface area contributed by atoms with Crippen molar-refractivity contribution in [1.29, 1.82) is 0 Å². The van der Waals surface area contributed by atoms with Crippen LogP contribution in [-0.4, -0.2) is 35.3 Å². The highest BCUT2D eigenvalue weighted by atomic mass is 16.5. The Morgan fingerprint density at radius 2 is 1.71 bits per heavy atom. The minimum absolute atomic E-state index is 0.696. The van der Waals surface area contributed by atoms with E-state index in [1.807, 2.05) is 18.2 Å². The van der Waals surface area contributed by atoms with Crippen LogP contribution < -0.4 is 9.47 Å². The number of hydrogen-bond acceptors (Lipinski definition) is 5. The zero-order chi connectivity index (χ0) is 12.1. The molecule has 0 unspecified atom stereocenters. The Bertz CT molecular complexity index is 486. The van der Waals surface area contributed by atoms with Gasteiger partial charge in [-0.25, -0.2) is 4.68 Å². The van der Waals surface area contributed by atoms with Gasteiger partial charge in [-0.2, -0.15) is 5.10 Å². The predicted octanol–water partition coefficient (Wildman–Crippen LogP) is 1.18. The standard InChI is InChI=1S/C11H12N4O2/c1-16-10-4-3-5-11(17-2)9(10)6-14-15-7-12-13-8-15/h3-8H,1-2H3/b14-6+. The average Bonchev–Trinajstić information content (AvgIpc) is 2.88. The van der Waals surface area contributed by atoms with Crippen LogP contribution in [0.1, 0.15) is 5.56 Å². The summed E-state index contributed by atoms with van der Waals surface area (Å²) in [6.07, 6.45) is 4.64. The van der Waals surface area contributed by atoms with Gasteiger partial charge in [0, 0.05) is 0 Å². The summed E-state index contributed by atoms with van der Waals surface area (Å²) >= 11 is 0. The first-order valence-corrected chi connectivity index (χ1v) is 4.95. The first-order chi connectivity index (χ1) is 8.35. The topological polar surface area (TPSA) is 61.5 Å². The van der Waals surface area contributed by atoms with Gasteiger partial charge in [-0.15, -0.1) is 10.2 Å². The molecule has 0 aliphatic heterocycles. The molecule has 17 heavy (non-hydrogen) atoms. The van der Waals surface area contributed by atoms with Crippen LogP contribution in [0.5, 0.6) is 11.5 Å². The number of aromatic nitrogens is 3. The summed E-state index contributed by atoms with van der Waals surface area (Å²) in [5.74, 6) is 1.39. The Hall–Kier alpha value is -2.37. The van der Waals surface area contributed by atoms with E-state index in [1.165, 1.54) is 17.3 Å². The summed E-state index contributed by atoms with van der Waals surface area (Å²) in [6, 6.07) is 5.54. The minimum atomic E-state index is 0.696. The van der Waals surface area contributed by atoms with Crippen LogP contribution in [0.15, 0.2) is 36.0 Å². The van der Waals surface area contributed by atoms with Crippen molar-refractivity contribution < 1.29 is 9.47 Å². The quantitative estimate of drug-likeness (QED) is 0.742. The van der Waals surface area contributed by atoms with Crippen molar-refractivity contribution in [2.24, 2.45) is 5.10 Å². The molecular weight excluding hydrogens is 220 g/mol. The number of methoxy groups -OCH3 is 2. The summed E-state index contributed by atoms with van der Waals surface area (Å²) in [6.45, 7) is 0. The molecule has 0 bridgehead atoms. The van der Waals surface area contributed by atoms with E-state index in [0.717, 1.165) is 5.56 Å². The fourth-order valence-electron chi connectivity index (χ4n) is 1.39. The molecule has 1 aromatic heterocycles. The molecule has 0 fully saturated rings. The van der Waals surface area contributed by atoms with Crippen molar-refractivity contribution in [1.82, 2.24) is 14.9 Å². The first-order valence-electron chi connectivity index (χ1n) is 4.95. The van der Waals surface area contributed by atoms with Gasteiger partial charge in [-0.1, -0.05) is 6.07 Å². The maximum atomic E-state index is 5.25. The lowest BCUT2D eigenvalue weighted by molar-refractivity contribution is 0.393. The Kier molecular flexibility index (Phi) is 3.34. The molecule has 0 aliphatic rings. The van der Waals surface area contributed by atoms with Crippen molar-refractivity contribution in [3.05, 3.63) is 36.4 Å². The molecular formula is C11H12N4O2. The van der Waals surface area contributed by atoms with Crippen LogP contribution in [0.25, 0.3) is 0 Å². The second-order valence-corrected chi connectivity index (χ2v) is 3.16. The van der Waals surface area contributed by atoms with Gasteiger partial charge < -0.3 is 9.47 Å². The molecule has 0 saturated heterocycles. The summed E-state index contributed by atoms with van der Waals surface area (Å²) in [4.78, 5) is 0. The average molecular weight is 232 g/mol. The Balaban J connectivity index is 2.36. The monoisotopic (exact) mass is 232 g/mol. The molecule has 1 aromatic carbocycles. The molecule has 1 heterocycles. The van der Waals surface area contributed by atoms with E-state index in [0.29, 0.717) is 11.5 Å². The van der Waals surface area contributed by atoms with Gasteiger partial charge in [0.1, 0.15) is 24.2 Å². The number of ether oxygens (including phenoxy) is 2. The molecule has 0 radical (unpaired) electrons. The summed E-state index contributed by atoms with van der Waals surface area (Å²) in [5, 5.41) is 11.5. The van der Waals surface area contributed by atoms with Crippen molar-refractivity contribution in [2.45, 2.75) is 0 Å². The molecule has 0 spiro atoms. The van der Waals surface area contributed by atoms with Crippen LogP contribution in [0.3, 0.4) is 0 Å². The minimum Gasteiger partial charge on any atom is -0.496 e. The second-order valence-electron chi connectivity index (χ2n) is 3.16. The highest BCUT2D eigenvalue weighted by Crippen LogP contribution is 2.26. The molecule has 0 atom stereocenters. The largest absolute Gasteiger partial charge is 0.496 e. The highest BCUT2D eigenvalue weighted by molar-refractivity contribution is 5.87. The molecule has 6 heteroatoms. The van der Waals surface area contributed by atoms with Crippen LogP contribution in [-0.2, 0) is 0 Å². The third kappa shape index (κ3) is 2.41. The molecule has 88 valence electrons. The molecule has 0 saturated carbocycles. The fraction of sp³-hybridized carbons (Fsp3) is 0.182. The van der Waals surface area contributed by atoms with Crippen LogP contribution in [0, 0.1) is 0 Å². The van der Waals surface area contributed by atoms with E-state index < -0.39 is 0 Å². The third-order valence-electron chi connectivity index (χ3n) is 2.19. The normalized spacial score (nSPS) is 10.7. The predicted molar refractivity (Wildman–Crippen MR) is 62.6 cm³/mol. The molecule has 0 N–H and O–H groups in total. The number of nitrogens with zero attached hydrogens (tertiary/aromatic N) is 4. The van der Waals surface area contributed by atoms with E-state index in [9.17, 15) is 0 Å². The van der Waals surface area contributed by atoms with Gasteiger partial charge in [0.15, 0.2) is 0 Å². The summed E-state index contributed by atoms with van der Waals surface area (Å²) < 4.78 is 12.0. The van der Waals surface area contributed by atoms with E-state index >= 15 is 0 Å². The number of rotatable bonds is 4. The van der Waals surface area contributed by atoms with E-state index in [2.05, 4.69) is 15.3 Å². The highest BCUT2D eigenvalue weighted by Gasteiger charge is 2.06. The number of benzene rings is 1. The summed E-state index contributed by atoms with van der Waals surface area (Å²) in [5.41, 5.74) is 0.770. The van der Waals surface area contributed by atoms with Gasteiger partial charge in [-0.05, 0) is 12.1 Å². The van der Waals surface area contributed by atoms with E-state index in [4.69, 9.17) is 9.47 Å². The Morgan fingerprint density at radius 1 is 1.12 bits per heavy atom. The van der Waals surface area contributed by atoms with Gasteiger partial charge in [-0.3, -0.25) is 0 Å². The Morgan fingerprint density at radius 3 is 2.24 bits per heavy atom. The third-order valence-corrected chi connectivity index (χ3v) is 2.19. The zero-order valence-corrected chi connectivity index (χ0v) is 9.57. The maximum Gasteiger partial charge on any atom is 0.141 e. The molecule has 2 rings (SSSR count). The molecule has 6 nitrogen and oxygen atoms in total. The molecule has 0 amide bonds. The lowest BCUT2D eigenvalue weighted by atomic mass is 10.2. The SMILES string of the molecule is COc1cccc(OC)c1/C=N/n1cnnc1. The van der Waals surface area contributed by atoms with Gasteiger partial charge in [0.2, 0.25) is 0 Å². The smallest absolute Gasteiger partial charge is 0.141 e. The lowest BCUT2D eigenvalue weighted by Crippen LogP contribution is -1.96. The van der Waals surface area contributed by atoms with E-state index in [-0.39, 0.29) is 0 Å². The molecule has 2 aromatic rings. The zero-order valence-electron chi connectivity index (χ0n) is 9.57. The number of hydrogen-bond donors (Lipinski definition) is 0. The van der Waals surface area contributed by atoms with Crippen molar-refractivity contribution in [3.63, 3.8) is 0 Å². The van der Waals surface area contributed by atoms with E-state index in [1.54, 1.807) is 20.4 Å². The lowest BCUT2D eigenvalue weighted by Gasteiger charge is -2.08. The van der Waals surface area contributed by atoms with Crippen molar-refractivity contribution in [2.75, 3.05) is 14.2 Å². The van der Waals surface area contributed by atoms with Crippen molar-refractivity contribution in [3.8, 4) is 11.5 Å². The van der Waals surface area contributed by atoms with Crippen molar-refractivity contribution >= 4 is 6.21 Å². The fourth-order valence-corrected chi connectivity index (χ4v) is 1.39. The molecule has 0 aliphatic carbocycles. The van der Waals surface area contributed by atoms with Crippen LogP contribution in [0.2, 0.25) is 0 Å². The first kappa shape index (κ1) is 11.1. The van der Waals surface area contributed by atoms with Gasteiger partial charge in [0.05, 0.1) is 26.0 Å². The second kappa shape index (κ2) is 5.11.